The van der Waals surface area contributed by atoms with Crippen molar-refractivity contribution < 1.29 is 14.3 Å². The van der Waals surface area contributed by atoms with Gasteiger partial charge in [-0.2, -0.15) is 0 Å². The molecule has 0 aliphatic carbocycles. The second-order valence-corrected chi connectivity index (χ2v) is 8.01. The summed E-state index contributed by atoms with van der Waals surface area (Å²) in [4.78, 5) is 20.4. The summed E-state index contributed by atoms with van der Waals surface area (Å²) in [5, 5.41) is 6.94. The molecule has 3 aromatic rings. The van der Waals surface area contributed by atoms with Crippen LogP contribution >= 0.6 is 11.3 Å². The Morgan fingerprint density at radius 1 is 1.24 bits per heavy atom. The van der Waals surface area contributed by atoms with Crippen molar-refractivity contribution in [3.8, 4) is 11.5 Å². The molecule has 2 N–H and O–H groups in total. The first-order chi connectivity index (χ1) is 14.2. The zero-order valence-corrected chi connectivity index (χ0v) is 17.1. The molecular weight excluding hydrogens is 388 g/mol. The van der Waals surface area contributed by atoms with Gasteiger partial charge in [0.15, 0.2) is 5.13 Å². The highest BCUT2D eigenvalue weighted by Crippen LogP contribution is 2.31. The maximum absolute atomic E-state index is 11.7. The number of nitrogens with one attached hydrogen (secondary N) is 2. The van der Waals surface area contributed by atoms with E-state index in [0.29, 0.717) is 17.2 Å². The standard InChI is InChI=1S/C21H24N4O3S/c1-22-20(26)18-12-16(5-9-23-18)28-15-2-3-17-19(13-15)29-21(25-17)24-8-4-14-6-10-27-11-7-14/h2-3,5,9,12-14H,4,6-8,10-11H2,1H3,(H,22,26)(H,24,25). The summed E-state index contributed by atoms with van der Waals surface area (Å²) >= 11 is 1.62. The molecule has 1 aliphatic heterocycles. The van der Waals surface area contributed by atoms with Crippen LogP contribution < -0.4 is 15.4 Å². The number of aromatic nitrogens is 2. The van der Waals surface area contributed by atoms with Crippen LogP contribution in [0.2, 0.25) is 0 Å². The molecule has 1 saturated heterocycles. The minimum absolute atomic E-state index is 0.246. The molecule has 152 valence electrons. The van der Waals surface area contributed by atoms with Gasteiger partial charge in [0, 0.05) is 45.1 Å². The van der Waals surface area contributed by atoms with Crippen LogP contribution in [-0.4, -0.2) is 42.7 Å². The summed E-state index contributed by atoms with van der Waals surface area (Å²) in [6.07, 6.45) is 5.01. The molecule has 29 heavy (non-hydrogen) atoms. The topological polar surface area (TPSA) is 85.4 Å². The first kappa shape index (κ1) is 19.6. The van der Waals surface area contributed by atoms with Crippen molar-refractivity contribution in [3.05, 3.63) is 42.2 Å². The van der Waals surface area contributed by atoms with E-state index in [2.05, 4.69) is 20.6 Å². The maximum Gasteiger partial charge on any atom is 0.269 e. The van der Waals surface area contributed by atoms with Crippen LogP contribution in [0.25, 0.3) is 10.2 Å². The Bertz CT molecular complexity index is 985. The molecule has 1 fully saturated rings. The Labute approximate surface area is 173 Å². The van der Waals surface area contributed by atoms with Gasteiger partial charge in [0.2, 0.25) is 0 Å². The van der Waals surface area contributed by atoms with Crippen molar-refractivity contribution in [2.45, 2.75) is 19.3 Å². The third-order valence-corrected chi connectivity index (χ3v) is 5.93. The average molecular weight is 413 g/mol. The molecular formula is C21H24N4O3S. The van der Waals surface area contributed by atoms with Gasteiger partial charge >= 0.3 is 0 Å². The Morgan fingerprint density at radius 3 is 2.90 bits per heavy atom. The summed E-state index contributed by atoms with van der Waals surface area (Å²) in [6.45, 7) is 2.69. The van der Waals surface area contributed by atoms with E-state index in [1.54, 1.807) is 36.7 Å². The first-order valence-corrected chi connectivity index (χ1v) is 10.6. The molecule has 1 aromatic carbocycles. The van der Waals surface area contributed by atoms with Crippen LogP contribution in [0, 0.1) is 5.92 Å². The summed E-state index contributed by atoms with van der Waals surface area (Å²) in [5.74, 6) is 1.76. The van der Waals surface area contributed by atoms with Gasteiger partial charge in [0.1, 0.15) is 17.2 Å². The second-order valence-electron chi connectivity index (χ2n) is 6.98. The lowest BCUT2D eigenvalue weighted by Gasteiger charge is -2.21. The molecule has 1 amide bonds. The van der Waals surface area contributed by atoms with E-state index in [4.69, 9.17) is 9.47 Å². The van der Waals surface area contributed by atoms with Crippen LogP contribution in [0.1, 0.15) is 29.8 Å². The Morgan fingerprint density at radius 2 is 2.07 bits per heavy atom. The fourth-order valence-corrected chi connectivity index (χ4v) is 4.25. The van der Waals surface area contributed by atoms with Gasteiger partial charge in [-0.15, -0.1) is 0 Å². The van der Waals surface area contributed by atoms with Crippen molar-refractivity contribution in [1.29, 1.82) is 0 Å². The van der Waals surface area contributed by atoms with Gasteiger partial charge in [-0.05, 0) is 43.4 Å². The highest BCUT2D eigenvalue weighted by Gasteiger charge is 2.14. The van der Waals surface area contributed by atoms with E-state index in [1.165, 1.54) is 0 Å². The van der Waals surface area contributed by atoms with E-state index >= 15 is 0 Å². The van der Waals surface area contributed by atoms with E-state index in [9.17, 15) is 4.79 Å². The number of thiazole rings is 1. The highest BCUT2D eigenvalue weighted by atomic mass is 32.1. The molecule has 0 saturated carbocycles. The van der Waals surface area contributed by atoms with Crippen molar-refractivity contribution in [1.82, 2.24) is 15.3 Å². The fourth-order valence-electron chi connectivity index (χ4n) is 3.33. The van der Waals surface area contributed by atoms with Crippen LogP contribution in [0.4, 0.5) is 5.13 Å². The van der Waals surface area contributed by atoms with Crippen LogP contribution in [0.3, 0.4) is 0 Å². The fraction of sp³-hybridized carbons (Fsp3) is 0.381. The molecule has 0 atom stereocenters. The van der Waals surface area contributed by atoms with Gasteiger partial charge < -0.3 is 20.1 Å². The number of pyridine rings is 1. The molecule has 7 nitrogen and oxygen atoms in total. The lowest BCUT2D eigenvalue weighted by molar-refractivity contribution is 0.0649. The van der Waals surface area contributed by atoms with Gasteiger partial charge in [-0.25, -0.2) is 4.98 Å². The summed E-state index contributed by atoms with van der Waals surface area (Å²) in [6, 6.07) is 9.15. The molecule has 2 aromatic heterocycles. The number of carbonyl (C=O) groups is 1. The Kier molecular flexibility index (Phi) is 6.21. The van der Waals surface area contributed by atoms with Gasteiger partial charge in [0.05, 0.1) is 10.2 Å². The zero-order chi connectivity index (χ0) is 20.1. The van der Waals surface area contributed by atoms with Crippen molar-refractivity contribution in [2.24, 2.45) is 5.92 Å². The Hall–Kier alpha value is -2.71. The molecule has 4 rings (SSSR count). The van der Waals surface area contributed by atoms with Crippen molar-refractivity contribution >= 4 is 32.6 Å². The summed E-state index contributed by atoms with van der Waals surface area (Å²) in [5.41, 5.74) is 1.26. The van der Waals surface area contributed by atoms with E-state index in [0.717, 1.165) is 60.3 Å². The third-order valence-electron chi connectivity index (χ3n) is 4.96. The number of hydrogen-bond acceptors (Lipinski definition) is 7. The largest absolute Gasteiger partial charge is 0.457 e. The average Bonchev–Trinajstić information content (AvgIpc) is 3.16. The van der Waals surface area contributed by atoms with Gasteiger partial charge in [0.25, 0.3) is 5.91 Å². The number of carbonyl (C=O) groups excluding carboxylic acids is 1. The lowest BCUT2D eigenvalue weighted by atomic mass is 9.97. The number of rotatable bonds is 7. The number of amides is 1. The third kappa shape index (κ3) is 5.02. The van der Waals surface area contributed by atoms with E-state index < -0.39 is 0 Å². The van der Waals surface area contributed by atoms with Crippen LogP contribution in [0.15, 0.2) is 36.5 Å². The molecule has 0 bridgehead atoms. The molecule has 1 aliphatic rings. The SMILES string of the molecule is CNC(=O)c1cc(Oc2ccc3nc(NCCC4CCOCC4)sc3c2)ccn1. The molecule has 0 spiro atoms. The number of ether oxygens (including phenoxy) is 2. The zero-order valence-electron chi connectivity index (χ0n) is 16.3. The van der Waals surface area contributed by atoms with E-state index in [-0.39, 0.29) is 5.91 Å². The summed E-state index contributed by atoms with van der Waals surface area (Å²) < 4.78 is 12.4. The smallest absolute Gasteiger partial charge is 0.269 e. The lowest BCUT2D eigenvalue weighted by Crippen LogP contribution is -2.18. The first-order valence-electron chi connectivity index (χ1n) is 9.79. The Balaban J connectivity index is 1.39. The minimum atomic E-state index is -0.246. The minimum Gasteiger partial charge on any atom is -0.457 e. The summed E-state index contributed by atoms with van der Waals surface area (Å²) in [7, 11) is 1.57. The number of benzene rings is 1. The predicted octanol–water partition coefficient (Wildman–Crippen LogP) is 4.07. The molecule has 0 unspecified atom stereocenters. The van der Waals surface area contributed by atoms with Crippen molar-refractivity contribution in [2.75, 3.05) is 32.1 Å². The van der Waals surface area contributed by atoms with Gasteiger partial charge in [-0.1, -0.05) is 11.3 Å². The van der Waals surface area contributed by atoms with Crippen LogP contribution in [0.5, 0.6) is 11.5 Å². The van der Waals surface area contributed by atoms with E-state index in [1.807, 2.05) is 18.2 Å². The molecule has 3 heterocycles. The molecule has 8 heteroatoms. The highest BCUT2D eigenvalue weighted by molar-refractivity contribution is 7.22. The number of hydrogen-bond donors (Lipinski definition) is 2. The maximum atomic E-state index is 11.7. The molecule has 0 radical (unpaired) electrons. The van der Waals surface area contributed by atoms with Crippen molar-refractivity contribution in [3.63, 3.8) is 0 Å². The number of fused-ring (bicyclic) bond motifs is 1. The number of anilines is 1. The van der Waals surface area contributed by atoms with Crippen LogP contribution in [-0.2, 0) is 4.74 Å². The number of nitrogens with zero attached hydrogens (tertiary/aromatic N) is 2. The quantitative estimate of drug-likeness (QED) is 0.608. The van der Waals surface area contributed by atoms with Gasteiger partial charge in [-0.3, -0.25) is 9.78 Å². The normalized spacial score (nSPS) is 14.7. The second kappa shape index (κ2) is 9.19. The predicted molar refractivity (Wildman–Crippen MR) is 114 cm³/mol. The monoisotopic (exact) mass is 412 g/mol.